The molecule has 1 aromatic carbocycles. The normalized spacial score (nSPS) is 11.3. The lowest BCUT2D eigenvalue weighted by atomic mass is 10.2. The SMILES string of the molecule is Cc1cc(C=NNC(=O)c2cc3cc([N+](=O)[O-])ccc3s2)c(C)n1-c1ccccn1. The number of benzene rings is 1. The molecule has 0 spiro atoms. The summed E-state index contributed by atoms with van der Waals surface area (Å²) in [6, 6.07) is 13.8. The summed E-state index contributed by atoms with van der Waals surface area (Å²) >= 11 is 1.26. The molecular weight excluding hydrogens is 402 g/mol. The van der Waals surface area contributed by atoms with Crippen LogP contribution in [0.1, 0.15) is 26.6 Å². The molecule has 0 aliphatic rings. The van der Waals surface area contributed by atoms with Gasteiger partial charge in [-0.1, -0.05) is 6.07 Å². The highest BCUT2D eigenvalue weighted by molar-refractivity contribution is 7.20. The van der Waals surface area contributed by atoms with E-state index in [0.717, 1.165) is 27.5 Å². The first-order chi connectivity index (χ1) is 14.4. The van der Waals surface area contributed by atoms with E-state index in [0.29, 0.717) is 10.3 Å². The molecule has 0 saturated carbocycles. The number of nitro groups is 1. The van der Waals surface area contributed by atoms with Gasteiger partial charge < -0.3 is 4.57 Å². The number of aryl methyl sites for hydroxylation is 1. The molecule has 1 amide bonds. The molecule has 8 nitrogen and oxygen atoms in total. The Balaban J connectivity index is 1.52. The van der Waals surface area contributed by atoms with Crippen LogP contribution in [0.15, 0.2) is 59.8 Å². The van der Waals surface area contributed by atoms with E-state index in [2.05, 4.69) is 15.5 Å². The maximum absolute atomic E-state index is 12.4. The van der Waals surface area contributed by atoms with Crippen LogP contribution < -0.4 is 5.43 Å². The van der Waals surface area contributed by atoms with Crippen molar-refractivity contribution in [1.29, 1.82) is 0 Å². The molecule has 0 radical (unpaired) electrons. The molecule has 3 aromatic heterocycles. The first-order valence-corrected chi connectivity index (χ1v) is 9.87. The van der Waals surface area contributed by atoms with Crippen molar-refractivity contribution in [2.45, 2.75) is 13.8 Å². The lowest BCUT2D eigenvalue weighted by molar-refractivity contribution is -0.384. The molecular formula is C21H17N5O3S. The van der Waals surface area contributed by atoms with Gasteiger partial charge in [-0.3, -0.25) is 14.9 Å². The number of nitrogens with zero attached hydrogens (tertiary/aromatic N) is 4. The molecule has 0 bridgehead atoms. The van der Waals surface area contributed by atoms with Crippen LogP contribution >= 0.6 is 11.3 Å². The lowest BCUT2D eigenvalue weighted by Gasteiger charge is -2.07. The summed E-state index contributed by atoms with van der Waals surface area (Å²) in [5, 5.41) is 15.6. The zero-order chi connectivity index (χ0) is 21.3. The second-order valence-electron chi connectivity index (χ2n) is 6.64. The number of pyridine rings is 1. The van der Waals surface area contributed by atoms with Crippen LogP contribution in [0.3, 0.4) is 0 Å². The third-order valence-electron chi connectivity index (χ3n) is 4.65. The molecule has 3 heterocycles. The number of hydrogen-bond donors (Lipinski definition) is 1. The van der Waals surface area contributed by atoms with Gasteiger partial charge in [0, 0.05) is 45.4 Å². The Morgan fingerprint density at radius 3 is 2.80 bits per heavy atom. The minimum atomic E-state index is -0.456. The average Bonchev–Trinajstić information content (AvgIpc) is 3.28. The monoisotopic (exact) mass is 419 g/mol. The predicted molar refractivity (Wildman–Crippen MR) is 117 cm³/mol. The Bertz CT molecular complexity index is 1290. The smallest absolute Gasteiger partial charge is 0.281 e. The molecule has 0 atom stereocenters. The Morgan fingerprint density at radius 1 is 1.23 bits per heavy atom. The standard InChI is InChI=1S/C21H17N5O3S/c1-13-9-16(14(2)25(13)20-5-3-4-8-22-20)12-23-24-21(27)19-11-15-10-17(26(28)29)6-7-18(15)30-19/h3-12H,1-2H3,(H,24,27). The number of aromatic nitrogens is 2. The molecule has 9 heteroatoms. The number of thiophene rings is 1. The average molecular weight is 419 g/mol. The predicted octanol–water partition coefficient (Wildman–Crippen LogP) is 4.38. The van der Waals surface area contributed by atoms with Gasteiger partial charge in [0.1, 0.15) is 5.82 Å². The number of amides is 1. The zero-order valence-corrected chi connectivity index (χ0v) is 17.0. The second-order valence-corrected chi connectivity index (χ2v) is 7.72. The summed E-state index contributed by atoms with van der Waals surface area (Å²) in [4.78, 5) is 27.7. The largest absolute Gasteiger partial charge is 0.303 e. The topological polar surface area (TPSA) is 102 Å². The number of non-ortho nitro benzene ring substituents is 1. The fourth-order valence-corrected chi connectivity index (χ4v) is 4.16. The van der Waals surface area contributed by atoms with E-state index in [4.69, 9.17) is 0 Å². The van der Waals surface area contributed by atoms with E-state index >= 15 is 0 Å². The molecule has 0 unspecified atom stereocenters. The van der Waals surface area contributed by atoms with E-state index in [-0.39, 0.29) is 11.6 Å². The molecule has 0 aliphatic heterocycles. The van der Waals surface area contributed by atoms with Crippen LogP contribution in [0.25, 0.3) is 15.9 Å². The van der Waals surface area contributed by atoms with Gasteiger partial charge in [-0.25, -0.2) is 10.4 Å². The van der Waals surface area contributed by atoms with Crippen LogP contribution in [-0.4, -0.2) is 26.6 Å². The van der Waals surface area contributed by atoms with E-state index in [9.17, 15) is 14.9 Å². The van der Waals surface area contributed by atoms with Gasteiger partial charge in [-0.05, 0) is 44.2 Å². The van der Waals surface area contributed by atoms with Crippen molar-refractivity contribution in [3.05, 3.63) is 86.7 Å². The van der Waals surface area contributed by atoms with Gasteiger partial charge in [0.15, 0.2) is 0 Å². The van der Waals surface area contributed by atoms with E-state index in [1.165, 1.54) is 23.5 Å². The van der Waals surface area contributed by atoms with Crippen molar-refractivity contribution >= 4 is 39.2 Å². The van der Waals surface area contributed by atoms with E-state index in [1.54, 1.807) is 24.5 Å². The van der Waals surface area contributed by atoms with Crippen molar-refractivity contribution in [1.82, 2.24) is 15.0 Å². The summed E-state index contributed by atoms with van der Waals surface area (Å²) in [6.07, 6.45) is 3.33. The third kappa shape index (κ3) is 3.70. The number of carbonyl (C=O) groups is 1. The van der Waals surface area contributed by atoms with Gasteiger partial charge in [-0.15, -0.1) is 11.3 Å². The summed E-state index contributed by atoms with van der Waals surface area (Å²) in [7, 11) is 0. The zero-order valence-electron chi connectivity index (χ0n) is 16.2. The Morgan fingerprint density at radius 2 is 2.07 bits per heavy atom. The molecule has 1 N–H and O–H groups in total. The van der Waals surface area contributed by atoms with Gasteiger partial charge in [0.2, 0.25) is 0 Å². The number of hydrazone groups is 1. The first kappa shape index (κ1) is 19.5. The molecule has 0 saturated heterocycles. The number of nitrogens with one attached hydrogen (secondary N) is 1. The molecule has 0 fully saturated rings. The highest BCUT2D eigenvalue weighted by Gasteiger charge is 2.13. The highest BCUT2D eigenvalue weighted by Crippen LogP contribution is 2.29. The quantitative estimate of drug-likeness (QED) is 0.295. The van der Waals surface area contributed by atoms with Crippen LogP contribution in [-0.2, 0) is 0 Å². The number of fused-ring (bicyclic) bond motifs is 1. The van der Waals surface area contributed by atoms with Crippen LogP contribution in [0.4, 0.5) is 5.69 Å². The van der Waals surface area contributed by atoms with Crippen LogP contribution in [0.2, 0.25) is 0 Å². The summed E-state index contributed by atoms with van der Waals surface area (Å²) < 4.78 is 2.82. The van der Waals surface area contributed by atoms with Gasteiger partial charge in [0.05, 0.1) is 16.0 Å². The lowest BCUT2D eigenvalue weighted by Crippen LogP contribution is -2.16. The number of rotatable bonds is 5. The minimum absolute atomic E-state index is 0.00598. The van der Waals surface area contributed by atoms with Gasteiger partial charge >= 0.3 is 0 Å². The first-order valence-electron chi connectivity index (χ1n) is 9.06. The Hall–Kier alpha value is -3.85. The van der Waals surface area contributed by atoms with Gasteiger partial charge in [-0.2, -0.15) is 5.10 Å². The Labute approximate surface area is 175 Å². The van der Waals surface area contributed by atoms with E-state index < -0.39 is 4.92 Å². The van der Waals surface area contributed by atoms with Crippen molar-refractivity contribution in [2.24, 2.45) is 5.10 Å². The van der Waals surface area contributed by atoms with Crippen molar-refractivity contribution in [2.75, 3.05) is 0 Å². The molecule has 0 aliphatic carbocycles. The fourth-order valence-electron chi connectivity index (χ4n) is 3.23. The number of hydrogen-bond acceptors (Lipinski definition) is 6. The highest BCUT2D eigenvalue weighted by atomic mass is 32.1. The molecule has 4 aromatic rings. The van der Waals surface area contributed by atoms with Gasteiger partial charge in [0.25, 0.3) is 11.6 Å². The van der Waals surface area contributed by atoms with Crippen LogP contribution in [0, 0.1) is 24.0 Å². The van der Waals surface area contributed by atoms with Crippen molar-refractivity contribution in [3.8, 4) is 5.82 Å². The van der Waals surface area contributed by atoms with E-state index in [1.807, 2.05) is 42.7 Å². The fraction of sp³-hybridized carbons (Fsp3) is 0.0952. The van der Waals surface area contributed by atoms with Crippen molar-refractivity contribution < 1.29 is 9.72 Å². The third-order valence-corrected chi connectivity index (χ3v) is 5.77. The summed E-state index contributed by atoms with van der Waals surface area (Å²) in [6.45, 7) is 3.94. The molecule has 4 rings (SSSR count). The molecule has 30 heavy (non-hydrogen) atoms. The summed E-state index contributed by atoms with van der Waals surface area (Å²) in [5.74, 6) is 0.448. The number of carbonyl (C=O) groups excluding carboxylic acids is 1. The Kier molecular flexibility index (Phi) is 5.11. The number of nitro benzene ring substituents is 1. The summed E-state index contributed by atoms with van der Waals surface area (Å²) in [5.41, 5.74) is 5.35. The van der Waals surface area contributed by atoms with Crippen LogP contribution in [0.5, 0.6) is 0 Å². The maximum atomic E-state index is 12.4. The van der Waals surface area contributed by atoms with Crippen molar-refractivity contribution in [3.63, 3.8) is 0 Å². The second kappa shape index (κ2) is 7.88. The molecule has 150 valence electrons. The minimum Gasteiger partial charge on any atom is -0.303 e. The maximum Gasteiger partial charge on any atom is 0.281 e.